The lowest BCUT2D eigenvalue weighted by Gasteiger charge is -2.18. The lowest BCUT2D eigenvalue weighted by atomic mass is 9.94. The predicted molar refractivity (Wildman–Crippen MR) is 113 cm³/mol. The number of hydrogen-bond acceptors (Lipinski definition) is 5. The Morgan fingerprint density at radius 1 is 1.00 bits per heavy atom. The van der Waals surface area contributed by atoms with Crippen molar-refractivity contribution in [1.29, 1.82) is 0 Å². The summed E-state index contributed by atoms with van der Waals surface area (Å²) in [6.07, 6.45) is 1.59. The third-order valence-electron chi connectivity index (χ3n) is 4.43. The van der Waals surface area contributed by atoms with Crippen molar-refractivity contribution in [2.75, 3.05) is 5.32 Å². The van der Waals surface area contributed by atoms with Gasteiger partial charge >= 0.3 is 0 Å². The predicted octanol–water partition coefficient (Wildman–Crippen LogP) is 3.83. The van der Waals surface area contributed by atoms with Gasteiger partial charge in [0.05, 0.1) is 16.1 Å². The largest absolute Gasteiger partial charge is 0.350 e. The van der Waals surface area contributed by atoms with E-state index in [1.54, 1.807) is 6.92 Å². The molecule has 146 valence electrons. The molecule has 28 heavy (non-hydrogen) atoms. The third-order valence-corrected chi connectivity index (χ3v) is 5.40. The van der Waals surface area contributed by atoms with Crippen LogP contribution in [0, 0.1) is 0 Å². The van der Waals surface area contributed by atoms with Crippen molar-refractivity contribution in [1.82, 2.24) is 15.8 Å². The van der Waals surface area contributed by atoms with E-state index >= 15 is 0 Å². The number of nitrogens with zero attached hydrogens (tertiary/aromatic N) is 1. The Hall–Kier alpha value is -2.93. The number of para-hydroxylation sites is 1. The van der Waals surface area contributed by atoms with Gasteiger partial charge in [0.25, 0.3) is 5.91 Å². The second kappa shape index (κ2) is 9.32. The molecule has 1 heterocycles. The topological polar surface area (TPSA) is 83.1 Å². The van der Waals surface area contributed by atoms with Crippen LogP contribution in [0.1, 0.15) is 38.2 Å². The number of amides is 2. The van der Waals surface area contributed by atoms with E-state index in [1.807, 2.05) is 61.5 Å². The number of anilines is 1. The maximum Gasteiger partial charge on any atom is 0.260 e. The van der Waals surface area contributed by atoms with Crippen LogP contribution in [0.2, 0.25) is 0 Å². The minimum Gasteiger partial charge on any atom is -0.350 e. The van der Waals surface area contributed by atoms with Gasteiger partial charge in [0.2, 0.25) is 5.91 Å². The van der Waals surface area contributed by atoms with E-state index in [1.165, 1.54) is 11.3 Å². The molecule has 3 aromatic rings. The molecule has 0 spiro atoms. The molecule has 0 saturated carbocycles. The van der Waals surface area contributed by atoms with Crippen LogP contribution in [0.5, 0.6) is 0 Å². The van der Waals surface area contributed by atoms with Crippen molar-refractivity contribution in [3.05, 3.63) is 60.2 Å². The molecule has 2 amide bonds. The zero-order valence-electron chi connectivity index (χ0n) is 15.9. The van der Waals surface area contributed by atoms with Crippen molar-refractivity contribution < 1.29 is 9.59 Å². The van der Waals surface area contributed by atoms with Crippen LogP contribution >= 0.6 is 11.3 Å². The van der Waals surface area contributed by atoms with Crippen LogP contribution in [0.25, 0.3) is 10.2 Å². The van der Waals surface area contributed by atoms with Gasteiger partial charge < -0.3 is 5.32 Å². The molecule has 2 atom stereocenters. The number of benzene rings is 2. The third kappa shape index (κ3) is 4.86. The summed E-state index contributed by atoms with van der Waals surface area (Å²) in [6.45, 7) is 3.76. The van der Waals surface area contributed by atoms with Gasteiger partial charge in [0, 0.05) is 0 Å². The Balaban J connectivity index is 1.56. The SMILES string of the molecule is CCC[C@H](C(=O)NNC(=O)[C@H](C)Nc1nc2ccccc2s1)c1ccccc1. The number of rotatable bonds is 7. The van der Waals surface area contributed by atoms with Crippen molar-refractivity contribution in [3.8, 4) is 0 Å². The molecule has 0 aliphatic carbocycles. The number of aromatic nitrogens is 1. The summed E-state index contributed by atoms with van der Waals surface area (Å²) in [5.74, 6) is -0.830. The van der Waals surface area contributed by atoms with Crippen molar-refractivity contribution in [3.63, 3.8) is 0 Å². The Bertz CT molecular complexity index is 909. The summed E-state index contributed by atoms with van der Waals surface area (Å²) in [5.41, 5.74) is 6.92. The van der Waals surface area contributed by atoms with Gasteiger partial charge in [-0.25, -0.2) is 4.98 Å². The minimum absolute atomic E-state index is 0.214. The summed E-state index contributed by atoms with van der Waals surface area (Å²) in [5, 5.41) is 3.75. The Labute approximate surface area is 168 Å². The second-order valence-corrected chi connectivity index (χ2v) is 7.61. The highest BCUT2D eigenvalue weighted by Gasteiger charge is 2.21. The highest BCUT2D eigenvalue weighted by molar-refractivity contribution is 7.22. The number of nitrogens with one attached hydrogen (secondary N) is 3. The van der Waals surface area contributed by atoms with Gasteiger partial charge in [0.15, 0.2) is 5.13 Å². The molecule has 0 unspecified atom stereocenters. The molecule has 0 aliphatic rings. The van der Waals surface area contributed by atoms with E-state index in [-0.39, 0.29) is 17.7 Å². The Morgan fingerprint density at radius 3 is 2.39 bits per heavy atom. The van der Waals surface area contributed by atoms with Crippen molar-refractivity contribution in [2.24, 2.45) is 0 Å². The average Bonchev–Trinajstić information content (AvgIpc) is 3.12. The smallest absolute Gasteiger partial charge is 0.260 e. The van der Waals surface area contributed by atoms with Crippen LogP contribution in [0.3, 0.4) is 0 Å². The highest BCUT2D eigenvalue weighted by Crippen LogP contribution is 2.25. The molecule has 0 bridgehead atoms. The van der Waals surface area contributed by atoms with Gasteiger partial charge in [-0.1, -0.05) is 67.1 Å². The van der Waals surface area contributed by atoms with Gasteiger partial charge in [-0.2, -0.15) is 0 Å². The number of hydrazine groups is 1. The van der Waals surface area contributed by atoms with Crippen LogP contribution < -0.4 is 16.2 Å². The minimum atomic E-state index is -0.540. The van der Waals surface area contributed by atoms with Crippen LogP contribution in [-0.4, -0.2) is 22.8 Å². The van der Waals surface area contributed by atoms with E-state index in [0.29, 0.717) is 11.6 Å². The zero-order chi connectivity index (χ0) is 19.9. The monoisotopic (exact) mass is 396 g/mol. The van der Waals surface area contributed by atoms with Gasteiger partial charge in [-0.05, 0) is 31.0 Å². The number of fused-ring (bicyclic) bond motifs is 1. The Kier molecular flexibility index (Phi) is 6.60. The Morgan fingerprint density at radius 2 is 1.68 bits per heavy atom. The molecule has 1 aromatic heterocycles. The van der Waals surface area contributed by atoms with Crippen LogP contribution in [0.4, 0.5) is 5.13 Å². The van der Waals surface area contributed by atoms with Crippen LogP contribution in [0.15, 0.2) is 54.6 Å². The quantitative estimate of drug-likeness (QED) is 0.530. The van der Waals surface area contributed by atoms with E-state index in [9.17, 15) is 9.59 Å². The molecule has 3 N–H and O–H groups in total. The van der Waals surface area contributed by atoms with E-state index < -0.39 is 6.04 Å². The van der Waals surface area contributed by atoms with Crippen molar-refractivity contribution in [2.45, 2.75) is 38.6 Å². The lowest BCUT2D eigenvalue weighted by molar-refractivity contribution is -0.130. The van der Waals surface area contributed by atoms with Gasteiger partial charge in [0.1, 0.15) is 6.04 Å². The molecule has 6 nitrogen and oxygen atoms in total. The highest BCUT2D eigenvalue weighted by atomic mass is 32.1. The molecule has 3 rings (SSSR count). The molecule has 0 radical (unpaired) electrons. The number of thiazole rings is 1. The maximum absolute atomic E-state index is 12.6. The summed E-state index contributed by atoms with van der Waals surface area (Å²) in [4.78, 5) is 29.4. The molecule has 7 heteroatoms. The summed E-state index contributed by atoms with van der Waals surface area (Å²) >= 11 is 1.49. The molecular formula is C21H24N4O2S. The molecule has 0 aliphatic heterocycles. The van der Waals surface area contributed by atoms with Gasteiger partial charge in [-0.15, -0.1) is 0 Å². The maximum atomic E-state index is 12.6. The van der Waals surface area contributed by atoms with Gasteiger partial charge in [-0.3, -0.25) is 20.4 Å². The summed E-state index contributed by atoms with van der Waals surface area (Å²) < 4.78 is 1.05. The molecule has 0 fully saturated rings. The van der Waals surface area contributed by atoms with Crippen LogP contribution in [-0.2, 0) is 9.59 Å². The first-order valence-electron chi connectivity index (χ1n) is 9.35. The van der Waals surface area contributed by atoms with E-state index in [2.05, 4.69) is 21.2 Å². The average molecular weight is 397 g/mol. The first kappa shape index (κ1) is 19.8. The fourth-order valence-electron chi connectivity index (χ4n) is 2.93. The van der Waals surface area contributed by atoms with E-state index in [4.69, 9.17) is 0 Å². The number of carbonyl (C=O) groups is 2. The van der Waals surface area contributed by atoms with Crippen molar-refractivity contribution >= 4 is 38.5 Å². The second-order valence-electron chi connectivity index (χ2n) is 6.58. The fourth-order valence-corrected chi connectivity index (χ4v) is 3.88. The first-order valence-corrected chi connectivity index (χ1v) is 10.2. The summed E-state index contributed by atoms with van der Waals surface area (Å²) in [6, 6.07) is 16.9. The summed E-state index contributed by atoms with van der Waals surface area (Å²) in [7, 11) is 0. The fraction of sp³-hybridized carbons (Fsp3) is 0.286. The number of hydrogen-bond donors (Lipinski definition) is 3. The normalized spacial score (nSPS) is 12.9. The number of carbonyl (C=O) groups excluding carboxylic acids is 2. The molecular weight excluding hydrogens is 372 g/mol. The first-order chi connectivity index (χ1) is 13.6. The molecule has 2 aromatic carbocycles. The standard InChI is InChI=1S/C21H24N4O2S/c1-3-9-16(15-10-5-4-6-11-15)20(27)25-24-19(26)14(2)22-21-23-17-12-7-8-13-18(17)28-21/h4-8,10-14,16H,3,9H2,1-2H3,(H,22,23)(H,24,26)(H,25,27)/t14-,16-/m0/s1. The lowest BCUT2D eigenvalue weighted by Crippen LogP contribution is -2.49. The van der Waals surface area contributed by atoms with E-state index in [0.717, 1.165) is 22.2 Å². The molecule has 0 saturated heterocycles. The zero-order valence-corrected chi connectivity index (χ0v) is 16.8.